The molecule has 1 unspecified atom stereocenters. The van der Waals surface area contributed by atoms with Crippen molar-refractivity contribution in [3.8, 4) is 5.75 Å². The number of thiophene rings is 1. The molecule has 0 aliphatic carbocycles. The fourth-order valence-corrected chi connectivity index (χ4v) is 2.93. The monoisotopic (exact) mass is 300 g/mol. The molecule has 2 aromatic rings. The molecule has 0 amide bonds. The van der Waals surface area contributed by atoms with Gasteiger partial charge in [-0.05, 0) is 30.2 Å². The van der Waals surface area contributed by atoms with E-state index in [1.807, 2.05) is 11.4 Å². The Morgan fingerprint density at radius 3 is 2.84 bits per heavy atom. The van der Waals surface area contributed by atoms with E-state index < -0.39 is 0 Å². The minimum Gasteiger partial charge on any atom is -0.496 e. The van der Waals surface area contributed by atoms with Gasteiger partial charge in [0.2, 0.25) is 0 Å². The summed E-state index contributed by atoms with van der Waals surface area (Å²) in [7, 11) is 1.62. The van der Waals surface area contributed by atoms with Gasteiger partial charge < -0.3 is 4.74 Å². The Morgan fingerprint density at radius 2 is 2.26 bits per heavy atom. The molecule has 0 saturated carbocycles. The Morgan fingerprint density at radius 1 is 1.47 bits per heavy atom. The van der Waals surface area contributed by atoms with E-state index in [4.69, 9.17) is 22.2 Å². The zero-order valence-corrected chi connectivity index (χ0v) is 11.9. The Labute approximate surface area is 120 Å². The van der Waals surface area contributed by atoms with Crippen molar-refractivity contribution in [1.29, 1.82) is 0 Å². The van der Waals surface area contributed by atoms with Crippen LogP contribution < -0.4 is 16.0 Å². The van der Waals surface area contributed by atoms with Gasteiger partial charge in [0, 0.05) is 15.3 Å². The minimum absolute atomic E-state index is 0.0862. The van der Waals surface area contributed by atoms with Crippen LogP contribution in [0.5, 0.6) is 5.75 Å². The lowest BCUT2D eigenvalue weighted by atomic mass is 10.0. The molecule has 2 rings (SSSR count). The lowest BCUT2D eigenvalue weighted by Gasteiger charge is -2.15. The van der Waals surface area contributed by atoms with Gasteiger partial charge in [0.1, 0.15) is 11.6 Å². The van der Waals surface area contributed by atoms with Gasteiger partial charge in [-0.15, -0.1) is 11.3 Å². The molecule has 102 valence electrons. The predicted octanol–water partition coefficient (Wildman–Crippen LogP) is 3.30. The summed E-state index contributed by atoms with van der Waals surface area (Å²) in [6, 6.07) is 6.21. The average molecular weight is 301 g/mol. The van der Waals surface area contributed by atoms with E-state index in [9.17, 15) is 4.39 Å². The van der Waals surface area contributed by atoms with Gasteiger partial charge in [-0.25, -0.2) is 4.39 Å². The summed E-state index contributed by atoms with van der Waals surface area (Å²) >= 11 is 7.57. The summed E-state index contributed by atoms with van der Waals surface area (Å²) in [5, 5.41) is 2.31. The average Bonchev–Trinajstić information content (AvgIpc) is 2.86. The molecule has 0 aliphatic heterocycles. The van der Waals surface area contributed by atoms with E-state index >= 15 is 0 Å². The van der Waals surface area contributed by atoms with E-state index in [1.165, 1.54) is 12.1 Å². The minimum atomic E-state index is -0.344. The van der Waals surface area contributed by atoms with Gasteiger partial charge in [-0.1, -0.05) is 17.7 Å². The van der Waals surface area contributed by atoms with Gasteiger partial charge in [-0.3, -0.25) is 11.3 Å². The van der Waals surface area contributed by atoms with Crippen molar-refractivity contribution in [3.05, 3.63) is 50.9 Å². The van der Waals surface area contributed by atoms with Crippen LogP contribution in [-0.4, -0.2) is 7.11 Å². The number of ether oxygens (including phenoxy) is 1. The number of nitrogens with one attached hydrogen (secondary N) is 1. The van der Waals surface area contributed by atoms with E-state index in [0.29, 0.717) is 11.4 Å². The highest BCUT2D eigenvalue weighted by Crippen LogP contribution is 2.30. The first kappa shape index (κ1) is 14.3. The molecule has 0 fully saturated rings. The van der Waals surface area contributed by atoms with Crippen molar-refractivity contribution in [2.75, 3.05) is 7.11 Å². The van der Waals surface area contributed by atoms with Gasteiger partial charge in [0.25, 0.3) is 0 Å². The molecular formula is C13H14ClFN2OS. The highest BCUT2D eigenvalue weighted by molar-refractivity contribution is 7.10. The molecule has 0 saturated heterocycles. The standard InChI is InChI=1S/C13H14ClFN2OS/c1-18-10-6-13(19-7-10)12(17-16)4-8-2-3-9(15)5-11(8)14/h2-3,5-7,12,17H,4,16H2,1H3. The SMILES string of the molecule is COc1csc(C(Cc2ccc(F)cc2Cl)NN)c1. The van der Waals surface area contributed by atoms with Crippen LogP contribution in [0.25, 0.3) is 0 Å². The van der Waals surface area contributed by atoms with Crippen molar-refractivity contribution in [1.82, 2.24) is 5.43 Å². The lowest BCUT2D eigenvalue weighted by Crippen LogP contribution is -2.29. The topological polar surface area (TPSA) is 47.3 Å². The molecule has 19 heavy (non-hydrogen) atoms. The molecule has 0 radical (unpaired) electrons. The van der Waals surface area contributed by atoms with Crippen molar-refractivity contribution >= 4 is 22.9 Å². The van der Waals surface area contributed by atoms with Crippen LogP contribution in [0.3, 0.4) is 0 Å². The summed E-state index contributed by atoms with van der Waals surface area (Å²) in [6.45, 7) is 0. The smallest absolute Gasteiger partial charge is 0.129 e. The molecule has 1 heterocycles. The fraction of sp³-hybridized carbons (Fsp3) is 0.231. The van der Waals surface area contributed by atoms with Gasteiger partial charge in [0.05, 0.1) is 13.2 Å². The fourth-order valence-electron chi connectivity index (χ4n) is 1.77. The number of rotatable bonds is 5. The number of benzene rings is 1. The molecule has 0 spiro atoms. The van der Waals surface area contributed by atoms with Crippen molar-refractivity contribution < 1.29 is 9.13 Å². The van der Waals surface area contributed by atoms with Gasteiger partial charge in [-0.2, -0.15) is 0 Å². The number of nitrogens with two attached hydrogens (primary N) is 1. The van der Waals surface area contributed by atoms with Crippen LogP contribution in [0.2, 0.25) is 5.02 Å². The molecule has 1 aromatic carbocycles. The third-order valence-corrected chi connectivity index (χ3v) is 4.19. The Kier molecular flexibility index (Phi) is 4.76. The first-order chi connectivity index (χ1) is 9.13. The van der Waals surface area contributed by atoms with Crippen molar-refractivity contribution in [2.24, 2.45) is 5.84 Å². The normalized spacial score (nSPS) is 12.4. The zero-order valence-electron chi connectivity index (χ0n) is 10.3. The predicted molar refractivity (Wildman–Crippen MR) is 76.0 cm³/mol. The Bertz CT molecular complexity index is 561. The second kappa shape index (κ2) is 6.34. The van der Waals surface area contributed by atoms with Crippen LogP contribution in [0.15, 0.2) is 29.6 Å². The van der Waals surface area contributed by atoms with E-state index in [2.05, 4.69) is 5.43 Å². The second-order valence-corrected chi connectivity index (χ2v) is 5.40. The quantitative estimate of drug-likeness (QED) is 0.658. The largest absolute Gasteiger partial charge is 0.496 e. The number of hydrogen-bond acceptors (Lipinski definition) is 4. The number of hydrogen-bond donors (Lipinski definition) is 2. The maximum absolute atomic E-state index is 13.0. The second-order valence-electron chi connectivity index (χ2n) is 4.05. The van der Waals surface area contributed by atoms with Crippen LogP contribution in [0.4, 0.5) is 4.39 Å². The Hall–Kier alpha value is -1.14. The highest BCUT2D eigenvalue weighted by atomic mass is 35.5. The first-order valence-electron chi connectivity index (χ1n) is 5.66. The van der Waals surface area contributed by atoms with E-state index in [0.717, 1.165) is 16.2 Å². The summed E-state index contributed by atoms with van der Waals surface area (Å²) < 4.78 is 18.1. The molecular weight excluding hydrogens is 287 g/mol. The van der Waals surface area contributed by atoms with Crippen LogP contribution in [0, 0.1) is 5.82 Å². The maximum atomic E-state index is 13.0. The summed E-state index contributed by atoms with van der Waals surface area (Å²) in [5.41, 5.74) is 3.59. The summed E-state index contributed by atoms with van der Waals surface area (Å²) in [5.74, 6) is 6.04. The summed E-state index contributed by atoms with van der Waals surface area (Å²) in [6.07, 6.45) is 0.583. The molecule has 1 atom stereocenters. The van der Waals surface area contributed by atoms with Crippen molar-refractivity contribution in [2.45, 2.75) is 12.5 Å². The molecule has 1 aromatic heterocycles. The van der Waals surface area contributed by atoms with Crippen LogP contribution in [0.1, 0.15) is 16.5 Å². The highest BCUT2D eigenvalue weighted by Gasteiger charge is 2.15. The number of hydrazine groups is 1. The number of halogens is 2. The van der Waals surface area contributed by atoms with Gasteiger partial charge in [0.15, 0.2) is 0 Å². The third-order valence-electron chi connectivity index (χ3n) is 2.82. The molecule has 0 bridgehead atoms. The van der Waals surface area contributed by atoms with Gasteiger partial charge >= 0.3 is 0 Å². The molecule has 3 N–H and O–H groups in total. The Balaban J connectivity index is 2.18. The lowest BCUT2D eigenvalue weighted by molar-refractivity contribution is 0.415. The molecule has 3 nitrogen and oxygen atoms in total. The zero-order chi connectivity index (χ0) is 13.8. The van der Waals surface area contributed by atoms with Crippen LogP contribution in [-0.2, 0) is 6.42 Å². The number of methoxy groups -OCH3 is 1. The van der Waals surface area contributed by atoms with Crippen molar-refractivity contribution in [3.63, 3.8) is 0 Å². The molecule has 6 heteroatoms. The summed E-state index contributed by atoms with van der Waals surface area (Å²) in [4.78, 5) is 1.04. The third kappa shape index (κ3) is 3.45. The van der Waals surface area contributed by atoms with Crippen LogP contribution >= 0.6 is 22.9 Å². The maximum Gasteiger partial charge on any atom is 0.129 e. The first-order valence-corrected chi connectivity index (χ1v) is 6.92. The van der Waals surface area contributed by atoms with E-state index in [-0.39, 0.29) is 11.9 Å². The molecule has 0 aliphatic rings. The van der Waals surface area contributed by atoms with E-state index in [1.54, 1.807) is 24.5 Å².